The smallest absolute Gasteiger partial charge is 0.193 e. The van der Waals surface area contributed by atoms with E-state index in [9.17, 15) is 0 Å². The first kappa shape index (κ1) is 12.9. The summed E-state index contributed by atoms with van der Waals surface area (Å²) < 4.78 is 5.21. The Morgan fingerprint density at radius 2 is 2.12 bits per heavy atom. The van der Waals surface area contributed by atoms with Gasteiger partial charge in [0.05, 0.1) is 6.54 Å². The number of hydrogen-bond acceptors (Lipinski definition) is 3. The van der Waals surface area contributed by atoms with Gasteiger partial charge in [0.1, 0.15) is 11.6 Å². The molecule has 16 heavy (non-hydrogen) atoms. The molecule has 0 amide bonds. The van der Waals surface area contributed by atoms with Crippen LogP contribution in [0, 0.1) is 6.92 Å². The van der Waals surface area contributed by atoms with Crippen LogP contribution in [0.1, 0.15) is 11.5 Å². The molecule has 0 saturated carbocycles. The Hall–Kier alpha value is -1.19. The molecule has 0 unspecified atom stereocenters. The molecule has 0 aromatic carbocycles. The lowest BCUT2D eigenvalue weighted by atomic mass is 10.3. The molecule has 86 valence electrons. The fourth-order valence-electron chi connectivity index (χ4n) is 1.27. The summed E-state index contributed by atoms with van der Waals surface area (Å²) in [6.07, 6.45) is 0. The van der Waals surface area contributed by atoms with Gasteiger partial charge in [0, 0.05) is 5.69 Å². The van der Waals surface area contributed by atoms with Crippen LogP contribution in [-0.2, 0) is 6.54 Å². The summed E-state index contributed by atoms with van der Waals surface area (Å²) in [6.45, 7) is 2.54. The molecule has 0 atom stereocenters. The average Bonchev–Trinajstić information content (AvgIpc) is 2.62. The van der Waals surface area contributed by atoms with Crippen LogP contribution in [0.5, 0.6) is 0 Å². The molecule has 5 heteroatoms. The van der Waals surface area contributed by atoms with Crippen molar-refractivity contribution in [3.63, 3.8) is 0 Å². The van der Waals surface area contributed by atoms with E-state index < -0.39 is 0 Å². The van der Waals surface area contributed by atoms with Crippen molar-refractivity contribution in [2.24, 2.45) is 0 Å². The number of rotatable bonds is 3. The van der Waals surface area contributed by atoms with Crippen LogP contribution in [-0.4, -0.2) is 4.98 Å². The zero-order valence-corrected chi connectivity index (χ0v) is 10.3. The van der Waals surface area contributed by atoms with Gasteiger partial charge in [0.25, 0.3) is 0 Å². The summed E-state index contributed by atoms with van der Waals surface area (Å²) in [5, 5.41) is 3.56. The standard InChI is InChI=1S/C11H11ClN2O.ClH/c1-8-3-2-4-11(14-8)13-7-9-5-6-10(12)15-9;/h2-6H,7H2,1H3,(H,13,14);1H. The van der Waals surface area contributed by atoms with Gasteiger partial charge >= 0.3 is 0 Å². The van der Waals surface area contributed by atoms with Gasteiger partial charge in [-0.3, -0.25) is 0 Å². The summed E-state index contributed by atoms with van der Waals surface area (Å²) in [6, 6.07) is 9.39. The second kappa shape index (κ2) is 5.77. The zero-order valence-electron chi connectivity index (χ0n) is 8.74. The Morgan fingerprint density at radius 1 is 1.31 bits per heavy atom. The highest BCUT2D eigenvalue weighted by atomic mass is 35.5. The van der Waals surface area contributed by atoms with Crippen LogP contribution in [0.4, 0.5) is 5.82 Å². The van der Waals surface area contributed by atoms with E-state index in [0.717, 1.165) is 17.3 Å². The van der Waals surface area contributed by atoms with Crippen LogP contribution in [0.15, 0.2) is 34.7 Å². The second-order valence-corrected chi connectivity index (χ2v) is 3.60. The average molecular weight is 259 g/mol. The quantitative estimate of drug-likeness (QED) is 0.913. The van der Waals surface area contributed by atoms with Gasteiger partial charge in [0.15, 0.2) is 5.22 Å². The highest BCUT2D eigenvalue weighted by Gasteiger charge is 1.99. The molecule has 2 heterocycles. The van der Waals surface area contributed by atoms with Gasteiger partial charge < -0.3 is 9.73 Å². The molecule has 2 aromatic rings. The van der Waals surface area contributed by atoms with Gasteiger partial charge in [-0.25, -0.2) is 4.98 Å². The van der Waals surface area contributed by atoms with Crippen molar-refractivity contribution in [2.75, 3.05) is 5.32 Å². The fraction of sp³-hybridized carbons (Fsp3) is 0.182. The fourth-order valence-corrected chi connectivity index (χ4v) is 1.43. The molecule has 0 aliphatic carbocycles. The number of nitrogens with zero attached hydrogens (tertiary/aromatic N) is 1. The second-order valence-electron chi connectivity index (χ2n) is 3.22. The summed E-state index contributed by atoms with van der Waals surface area (Å²) in [7, 11) is 0. The van der Waals surface area contributed by atoms with Crippen molar-refractivity contribution in [3.05, 3.63) is 47.0 Å². The largest absolute Gasteiger partial charge is 0.448 e. The molecular formula is C11H12Cl2N2O. The van der Waals surface area contributed by atoms with Crippen LogP contribution in [0.25, 0.3) is 0 Å². The molecule has 0 radical (unpaired) electrons. The molecule has 0 bridgehead atoms. The summed E-state index contributed by atoms with van der Waals surface area (Å²) >= 11 is 5.66. The van der Waals surface area contributed by atoms with Crippen molar-refractivity contribution in [1.29, 1.82) is 0 Å². The molecule has 3 nitrogen and oxygen atoms in total. The molecule has 1 N–H and O–H groups in total. The van der Waals surface area contributed by atoms with Crippen molar-refractivity contribution in [3.8, 4) is 0 Å². The van der Waals surface area contributed by atoms with Crippen molar-refractivity contribution < 1.29 is 4.42 Å². The van der Waals surface area contributed by atoms with Crippen molar-refractivity contribution in [1.82, 2.24) is 4.98 Å². The number of aryl methyl sites for hydroxylation is 1. The number of pyridine rings is 1. The minimum absolute atomic E-state index is 0. The van der Waals surface area contributed by atoms with Crippen LogP contribution in [0.3, 0.4) is 0 Å². The van der Waals surface area contributed by atoms with Gasteiger partial charge in [-0.05, 0) is 42.8 Å². The van der Waals surface area contributed by atoms with E-state index in [2.05, 4.69) is 10.3 Å². The van der Waals surface area contributed by atoms with Crippen molar-refractivity contribution >= 4 is 29.8 Å². The topological polar surface area (TPSA) is 38.1 Å². The molecular weight excluding hydrogens is 247 g/mol. The minimum Gasteiger partial charge on any atom is -0.448 e. The maximum Gasteiger partial charge on any atom is 0.193 e. The molecule has 2 rings (SSSR count). The number of furan rings is 1. The highest BCUT2D eigenvalue weighted by Crippen LogP contribution is 2.14. The number of nitrogens with one attached hydrogen (secondary N) is 1. The number of halogens is 2. The van der Waals surface area contributed by atoms with Crippen molar-refractivity contribution in [2.45, 2.75) is 13.5 Å². The van der Waals surface area contributed by atoms with E-state index in [1.165, 1.54) is 0 Å². The molecule has 0 spiro atoms. The Kier molecular flexibility index (Phi) is 4.65. The molecule has 2 aromatic heterocycles. The first-order valence-corrected chi connectivity index (χ1v) is 5.03. The molecule has 0 aliphatic heterocycles. The number of aromatic nitrogens is 1. The van der Waals surface area contributed by atoms with E-state index in [0.29, 0.717) is 11.8 Å². The van der Waals surface area contributed by atoms with Gasteiger partial charge in [-0.1, -0.05) is 6.07 Å². The lowest BCUT2D eigenvalue weighted by molar-refractivity contribution is 0.519. The Labute approximate surface area is 105 Å². The normalized spacial score (nSPS) is 9.62. The Bertz CT molecular complexity index is 457. The predicted molar refractivity (Wildman–Crippen MR) is 67.3 cm³/mol. The minimum atomic E-state index is 0. The third-order valence-electron chi connectivity index (χ3n) is 1.96. The summed E-state index contributed by atoms with van der Waals surface area (Å²) in [4.78, 5) is 4.31. The Morgan fingerprint density at radius 3 is 2.75 bits per heavy atom. The molecule has 0 fully saturated rings. The number of anilines is 1. The van der Waals surface area contributed by atoms with Crippen LogP contribution in [0.2, 0.25) is 5.22 Å². The first-order valence-electron chi connectivity index (χ1n) is 4.66. The lowest BCUT2D eigenvalue weighted by Gasteiger charge is -2.03. The monoisotopic (exact) mass is 258 g/mol. The zero-order chi connectivity index (χ0) is 10.7. The molecule has 0 saturated heterocycles. The van der Waals surface area contributed by atoms with Crippen LogP contribution >= 0.6 is 24.0 Å². The van der Waals surface area contributed by atoms with E-state index >= 15 is 0 Å². The SMILES string of the molecule is Cc1cccc(NCc2ccc(Cl)o2)n1.Cl. The van der Waals surface area contributed by atoms with E-state index in [4.69, 9.17) is 16.0 Å². The predicted octanol–water partition coefficient (Wildman–Crippen LogP) is 3.67. The van der Waals surface area contributed by atoms with E-state index in [1.54, 1.807) is 6.07 Å². The highest BCUT2D eigenvalue weighted by molar-refractivity contribution is 6.28. The summed E-state index contributed by atoms with van der Waals surface area (Å²) in [5.74, 6) is 1.63. The Balaban J connectivity index is 0.00000128. The summed E-state index contributed by atoms with van der Waals surface area (Å²) in [5.41, 5.74) is 0.984. The maximum atomic E-state index is 5.66. The van der Waals surface area contributed by atoms with Crippen LogP contribution < -0.4 is 5.32 Å². The van der Waals surface area contributed by atoms with E-state index in [1.807, 2.05) is 31.2 Å². The van der Waals surface area contributed by atoms with Gasteiger partial charge in [0.2, 0.25) is 0 Å². The lowest BCUT2D eigenvalue weighted by Crippen LogP contribution is -2.00. The third kappa shape index (κ3) is 3.43. The molecule has 0 aliphatic rings. The maximum absolute atomic E-state index is 5.66. The first-order chi connectivity index (χ1) is 7.24. The van der Waals surface area contributed by atoms with E-state index in [-0.39, 0.29) is 12.4 Å². The third-order valence-corrected chi connectivity index (χ3v) is 2.16. The number of hydrogen-bond donors (Lipinski definition) is 1. The van der Waals surface area contributed by atoms with Gasteiger partial charge in [-0.2, -0.15) is 0 Å². The van der Waals surface area contributed by atoms with Gasteiger partial charge in [-0.15, -0.1) is 12.4 Å².